The van der Waals surface area contributed by atoms with Crippen LogP contribution in [0.3, 0.4) is 0 Å². The van der Waals surface area contributed by atoms with Crippen molar-refractivity contribution in [2.45, 2.75) is 85.2 Å². The number of azo groups is 2. The minimum atomic E-state index is -0.653. The third-order valence-electron chi connectivity index (χ3n) is 14.1. The summed E-state index contributed by atoms with van der Waals surface area (Å²) in [5.74, 6) is -0.738. The largest absolute Gasteiger partial charge is 0.506 e. The first-order valence-electron chi connectivity index (χ1n) is 26.2. The van der Waals surface area contributed by atoms with E-state index in [9.17, 15) is 55.5 Å². The fourth-order valence-corrected chi connectivity index (χ4v) is 9.45. The third kappa shape index (κ3) is 13.2. The maximum absolute atomic E-state index is 12.3. The second-order valence-corrected chi connectivity index (χ2v) is 19.5. The molecule has 0 saturated carbocycles. The quantitative estimate of drug-likeness (QED) is 0.0244. The number of hydrogen-bond acceptors (Lipinski definition) is 17. The van der Waals surface area contributed by atoms with Crippen LogP contribution < -0.4 is 20.6 Å². The number of nitrogens with zero attached hydrogens (tertiary/aromatic N) is 12. The van der Waals surface area contributed by atoms with E-state index in [0.717, 1.165) is 81.8 Å². The number of aromatic hydroxyl groups is 4. The number of rotatable bonds is 15. The van der Waals surface area contributed by atoms with Crippen LogP contribution in [-0.2, 0) is 48.8 Å². The average molecular weight is 1180 g/mol. The van der Waals surface area contributed by atoms with Gasteiger partial charge in [0.25, 0.3) is 33.7 Å². The predicted octanol–water partition coefficient (Wildman–Crippen LogP) is 13.1. The Kier molecular flexibility index (Phi) is 20.5. The Morgan fingerprint density at radius 1 is 0.750 bits per heavy atom. The first-order chi connectivity index (χ1) is 39.7. The zero-order valence-corrected chi connectivity index (χ0v) is 47.9. The van der Waals surface area contributed by atoms with Gasteiger partial charge >= 0.3 is 5.89 Å². The Morgan fingerprint density at radius 3 is 1.79 bits per heavy atom. The van der Waals surface area contributed by atoms with Crippen molar-refractivity contribution in [3.8, 4) is 29.3 Å². The Labute approximate surface area is 492 Å². The molecule has 0 saturated heterocycles. The van der Waals surface area contributed by atoms with E-state index < -0.39 is 32.7 Å². The molecule has 84 heavy (non-hydrogen) atoms. The molecule has 0 spiro atoms. The van der Waals surface area contributed by atoms with Crippen LogP contribution >= 0.6 is 0 Å². The normalized spacial score (nSPS) is 13.8. The molecule has 1 atom stereocenters. The molecule has 4 heterocycles. The zero-order chi connectivity index (χ0) is 60.3. The second kappa shape index (κ2) is 27.4. The van der Waals surface area contributed by atoms with Crippen molar-refractivity contribution in [3.05, 3.63) is 207 Å². The van der Waals surface area contributed by atoms with E-state index in [1.807, 2.05) is 32.0 Å². The molecular formula is C60H59CoN12O11+. The molecule has 4 N–H and O–H groups in total. The van der Waals surface area contributed by atoms with Gasteiger partial charge in [0.1, 0.15) is 47.2 Å². The van der Waals surface area contributed by atoms with E-state index in [2.05, 4.69) is 123 Å². The topological polar surface area (TPSA) is 309 Å². The van der Waals surface area contributed by atoms with Crippen molar-refractivity contribution in [2.24, 2.45) is 27.5 Å². The van der Waals surface area contributed by atoms with E-state index in [1.165, 1.54) is 36.4 Å². The summed E-state index contributed by atoms with van der Waals surface area (Å²) in [5, 5.41) is 86.6. The van der Waals surface area contributed by atoms with Crippen LogP contribution in [0.1, 0.15) is 80.2 Å². The van der Waals surface area contributed by atoms with Gasteiger partial charge in [-0.15, -0.1) is 20.5 Å². The molecule has 8 aromatic rings. The van der Waals surface area contributed by atoms with Crippen molar-refractivity contribution in [2.75, 3.05) is 11.9 Å². The number of para-hydroxylation sites is 3. The minimum absolute atomic E-state index is 0. The van der Waals surface area contributed by atoms with Crippen molar-refractivity contribution < 1.29 is 56.0 Å². The third-order valence-corrected chi connectivity index (χ3v) is 14.1. The molecule has 5 aromatic carbocycles. The number of nitriles is 1. The molecule has 0 aliphatic carbocycles. The van der Waals surface area contributed by atoms with Gasteiger partial charge in [-0.1, -0.05) is 87.4 Å². The summed E-state index contributed by atoms with van der Waals surface area (Å²) < 4.78 is 10.4. The number of non-ortho nitro benzene ring substituents is 2. The summed E-state index contributed by atoms with van der Waals surface area (Å²) in [6.45, 7) is 16.7. The summed E-state index contributed by atoms with van der Waals surface area (Å²) in [7, 11) is 4.22. The SMILES string of the molecule is CCCCn1c(O)c(N=Nc2cc([N+](=O)[O-])ccc2O)c(C)c(C#N)c1=O.CN1C(=Cc2oc3ccccc3[n+]2C)C(C)(Cc2ccccc2)c2ccccc21.[C-]#[N+]c1c(C)c(N=Nc2cc([N+](=O)[O-])ccc2O)c(O)n(CCCC)c1=O.[Co]. The second-order valence-electron chi connectivity index (χ2n) is 19.5. The Morgan fingerprint density at radius 2 is 1.26 bits per heavy atom. The number of nitro groups is 2. The Hall–Kier alpha value is -10.3. The molecular weight excluding hydrogens is 1120 g/mol. The van der Waals surface area contributed by atoms with E-state index in [4.69, 9.17) is 11.0 Å². The summed E-state index contributed by atoms with van der Waals surface area (Å²) in [6.07, 6.45) is 5.89. The standard InChI is InChI=1S/C26H25N2O.2C17H17N5O5.Co/c1-26(18-19-11-5-4-6-12-19)20-13-7-8-14-21(20)27(2)24(26)17-25-28(3)22-15-9-10-16-23(22)29-25;1-4-5-8-21-16(24)14(18-3)10(2)15(17(21)25)20-19-12-9-11(22(26)27)6-7-13(12)23;1-3-4-7-21-16(24)12(9-18)10(2)15(17(21)25)20-19-13-8-11(22(26)27)5-6-14(13)23;/h4-17H,18H2,1-3H3;6-7,9,23,25H,4-5,8H2,1-2H3;5-6,8,23,25H,3-4,7H2,1-2H3;/q+1;;;. The van der Waals surface area contributed by atoms with Gasteiger partial charge < -0.3 is 29.7 Å². The molecule has 1 aliphatic rings. The van der Waals surface area contributed by atoms with E-state index >= 15 is 0 Å². The van der Waals surface area contributed by atoms with Crippen molar-refractivity contribution in [1.82, 2.24) is 9.13 Å². The number of aryl methyl sites for hydroxylation is 1. The molecule has 0 amide bonds. The number of aromatic nitrogens is 3. The van der Waals surface area contributed by atoms with Crippen LogP contribution in [0.5, 0.6) is 23.3 Å². The van der Waals surface area contributed by atoms with Crippen molar-refractivity contribution in [1.29, 1.82) is 5.26 Å². The van der Waals surface area contributed by atoms with Crippen LogP contribution in [0.2, 0.25) is 0 Å². The maximum Gasteiger partial charge on any atom is 0.375 e. The number of hydrogen-bond donors (Lipinski definition) is 4. The van der Waals surface area contributed by atoms with Crippen LogP contribution in [-0.4, -0.2) is 46.5 Å². The molecule has 0 fully saturated rings. The van der Waals surface area contributed by atoms with Crippen LogP contribution in [0.25, 0.3) is 22.0 Å². The maximum atomic E-state index is 12.3. The molecule has 1 radical (unpaired) electrons. The van der Waals surface area contributed by atoms with Gasteiger partial charge in [-0.05, 0) is 81.0 Å². The number of phenolic OH excluding ortho intramolecular Hbond substituents is 2. The molecule has 1 unspecified atom stereocenters. The van der Waals surface area contributed by atoms with E-state index in [0.29, 0.717) is 12.8 Å². The number of likely N-dealkylation sites (N-methyl/N-ethyl adjacent to an activating group) is 1. The summed E-state index contributed by atoms with van der Waals surface area (Å²) in [4.78, 5) is 50.6. The predicted molar refractivity (Wildman–Crippen MR) is 311 cm³/mol. The monoisotopic (exact) mass is 1180 g/mol. The minimum Gasteiger partial charge on any atom is -0.506 e. The number of unbranched alkanes of at least 4 members (excludes halogenated alkanes) is 2. The molecule has 433 valence electrons. The van der Waals surface area contributed by atoms with Crippen LogP contribution in [0.4, 0.5) is 45.5 Å². The molecule has 23 nitrogen and oxygen atoms in total. The van der Waals surface area contributed by atoms with Crippen molar-refractivity contribution >= 4 is 62.7 Å². The van der Waals surface area contributed by atoms with Gasteiger partial charge in [-0.3, -0.25) is 39.0 Å². The van der Waals surface area contributed by atoms with Crippen molar-refractivity contribution in [3.63, 3.8) is 0 Å². The molecule has 24 heteroatoms. The van der Waals surface area contributed by atoms with E-state index in [-0.39, 0.29) is 103 Å². The molecule has 0 bridgehead atoms. The number of allylic oxidation sites excluding steroid dienone is 1. The summed E-state index contributed by atoms with van der Waals surface area (Å²) in [6, 6.07) is 35.9. The Bertz CT molecular complexity index is 3940. The number of pyridine rings is 2. The molecule has 9 rings (SSSR count). The molecule has 1 aliphatic heterocycles. The van der Waals surface area contributed by atoms with Gasteiger partial charge in [-0.25, -0.2) is 4.85 Å². The van der Waals surface area contributed by atoms with Gasteiger partial charge in [0, 0.05) is 89.6 Å². The number of anilines is 1. The van der Waals surface area contributed by atoms with Gasteiger partial charge in [0.05, 0.1) is 22.5 Å². The first kappa shape index (κ1) is 62.9. The first-order valence-corrected chi connectivity index (χ1v) is 26.2. The average Bonchev–Trinajstić information content (AvgIpc) is 1.85. The van der Waals surface area contributed by atoms with Gasteiger partial charge in [-0.2, -0.15) is 9.83 Å². The van der Waals surface area contributed by atoms with E-state index in [1.54, 1.807) is 6.07 Å². The number of phenols is 2. The summed E-state index contributed by atoms with van der Waals surface area (Å²) in [5.41, 5.74) is 4.52. The zero-order valence-electron chi connectivity index (χ0n) is 46.8. The fraction of sp³-hybridized carbons (Fsp3) is 0.250. The fourth-order valence-electron chi connectivity index (χ4n) is 9.45. The Balaban J connectivity index is 0.000000201. The van der Waals surface area contributed by atoms with Crippen LogP contribution in [0, 0.1) is 52.0 Å². The number of nitro benzene ring substituents is 2. The smallest absolute Gasteiger partial charge is 0.375 e. The van der Waals surface area contributed by atoms with Crippen LogP contribution in [0.15, 0.2) is 155 Å². The number of benzene rings is 5. The summed E-state index contributed by atoms with van der Waals surface area (Å²) >= 11 is 0. The van der Waals surface area contributed by atoms with Gasteiger partial charge in [0.2, 0.25) is 17.3 Å². The molecule has 3 aromatic heterocycles. The number of fused-ring (bicyclic) bond motifs is 2. The number of oxazole rings is 1. The van der Waals surface area contributed by atoms with Gasteiger partial charge in [0.15, 0.2) is 5.69 Å².